The van der Waals surface area contributed by atoms with Crippen LogP contribution in [0.15, 0.2) is 0 Å². The van der Waals surface area contributed by atoms with Gasteiger partial charge < -0.3 is 9.47 Å². The number of carbonyl (C=O) groups excluding carboxylic acids is 2. The molecule has 1 atom stereocenters. The van der Waals surface area contributed by atoms with Crippen molar-refractivity contribution in [1.82, 2.24) is 0 Å². The first kappa shape index (κ1) is 18.9. The average Bonchev–Trinajstić information content (AvgIpc) is 2.47. The molecule has 0 bridgehead atoms. The first-order valence-electron chi connectivity index (χ1n) is 7.99. The van der Waals surface area contributed by atoms with Gasteiger partial charge in [-0.25, -0.2) is 0 Å². The van der Waals surface area contributed by atoms with Crippen LogP contribution in [0.1, 0.15) is 78.6 Å². The lowest BCUT2D eigenvalue weighted by Crippen LogP contribution is -2.25. The number of esters is 2. The molecule has 0 saturated heterocycles. The molecule has 4 nitrogen and oxygen atoms in total. The fraction of sp³-hybridized carbons (Fsp3) is 0.875. The Balaban J connectivity index is 3.91. The number of rotatable bonds is 12. The Bertz CT molecular complexity index is 263. The molecule has 0 aliphatic rings. The summed E-state index contributed by atoms with van der Waals surface area (Å²) in [7, 11) is 0. The lowest BCUT2D eigenvalue weighted by Gasteiger charge is -2.17. The molecular weight excluding hydrogens is 256 g/mol. The van der Waals surface area contributed by atoms with Crippen LogP contribution in [0.3, 0.4) is 0 Å². The van der Waals surface area contributed by atoms with Crippen molar-refractivity contribution < 1.29 is 19.1 Å². The van der Waals surface area contributed by atoms with E-state index >= 15 is 0 Å². The van der Waals surface area contributed by atoms with E-state index in [9.17, 15) is 9.59 Å². The van der Waals surface area contributed by atoms with E-state index in [1.165, 1.54) is 25.7 Å². The molecular formula is C16H30O4. The lowest BCUT2D eigenvalue weighted by molar-refractivity contribution is -0.159. The van der Waals surface area contributed by atoms with E-state index in [-0.39, 0.29) is 24.6 Å². The van der Waals surface area contributed by atoms with Crippen LogP contribution in [0.25, 0.3) is 0 Å². The maximum absolute atomic E-state index is 11.3. The molecule has 0 amide bonds. The van der Waals surface area contributed by atoms with Crippen molar-refractivity contribution in [3.05, 3.63) is 0 Å². The Morgan fingerprint density at radius 2 is 1.45 bits per heavy atom. The highest BCUT2D eigenvalue weighted by atomic mass is 16.6. The highest BCUT2D eigenvalue weighted by molar-refractivity contribution is 5.69. The van der Waals surface area contributed by atoms with Crippen LogP contribution in [0.5, 0.6) is 0 Å². The maximum Gasteiger partial charge on any atom is 0.305 e. The van der Waals surface area contributed by atoms with Gasteiger partial charge in [-0.05, 0) is 12.8 Å². The van der Waals surface area contributed by atoms with Gasteiger partial charge in [0.25, 0.3) is 0 Å². The zero-order chi connectivity index (χ0) is 15.2. The van der Waals surface area contributed by atoms with E-state index in [1.54, 1.807) is 13.8 Å². The van der Waals surface area contributed by atoms with Crippen molar-refractivity contribution in [3.63, 3.8) is 0 Å². The van der Waals surface area contributed by atoms with E-state index < -0.39 is 0 Å². The SMILES string of the molecule is CCCCCCCCC(COC(=O)CC)OC(=O)CC. The van der Waals surface area contributed by atoms with E-state index in [0.717, 1.165) is 19.3 Å². The van der Waals surface area contributed by atoms with Gasteiger partial charge in [-0.1, -0.05) is 52.9 Å². The van der Waals surface area contributed by atoms with Crippen LogP contribution in [0, 0.1) is 0 Å². The zero-order valence-corrected chi connectivity index (χ0v) is 13.3. The van der Waals surface area contributed by atoms with Crippen molar-refractivity contribution in [2.75, 3.05) is 6.61 Å². The highest BCUT2D eigenvalue weighted by Crippen LogP contribution is 2.12. The third kappa shape index (κ3) is 10.8. The predicted octanol–water partition coefficient (Wildman–Crippen LogP) is 4.01. The van der Waals surface area contributed by atoms with Crippen LogP contribution in [0.2, 0.25) is 0 Å². The largest absolute Gasteiger partial charge is 0.462 e. The van der Waals surface area contributed by atoms with Gasteiger partial charge >= 0.3 is 11.9 Å². The molecule has 0 rings (SSSR count). The molecule has 0 fully saturated rings. The minimum Gasteiger partial charge on any atom is -0.462 e. The topological polar surface area (TPSA) is 52.6 Å². The second-order valence-electron chi connectivity index (χ2n) is 5.06. The third-order valence-electron chi connectivity index (χ3n) is 3.19. The molecule has 0 aromatic carbocycles. The highest BCUT2D eigenvalue weighted by Gasteiger charge is 2.15. The van der Waals surface area contributed by atoms with Crippen LogP contribution in [0.4, 0.5) is 0 Å². The van der Waals surface area contributed by atoms with Crippen molar-refractivity contribution in [3.8, 4) is 0 Å². The van der Waals surface area contributed by atoms with E-state index in [0.29, 0.717) is 12.8 Å². The number of ether oxygens (including phenoxy) is 2. The first-order chi connectivity index (χ1) is 9.63. The fourth-order valence-corrected chi connectivity index (χ4v) is 1.89. The van der Waals surface area contributed by atoms with E-state index in [4.69, 9.17) is 9.47 Å². The van der Waals surface area contributed by atoms with E-state index in [1.807, 2.05) is 0 Å². The summed E-state index contributed by atoms with van der Waals surface area (Å²) in [5.74, 6) is -0.473. The summed E-state index contributed by atoms with van der Waals surface area (Å²) >= 11 is 0. The molecule has 0 N–H and O–H groups in total. The summed E-state index contributed by atoms with van der Waals surface area (Å²) < 4.78 is 10.4. The second-order valence-corrected chi connectivity index (χ2v) is 5.06. The molecule has 0 saturated carbocycles. The maximum atomic E-state index is 11.3. The molecule has 0 heterocycles. The Morgan fingerprint density at radius 1 is 0.850 bits per heavy atom. The Morgan fingerprint density at radius 3 is 2.05 bits per heavy atom. The molecule has 1 unspecified atom stereocenters. The minimum absolute atomic E-state index is 0.188. The molecule has 118 valence electrons. The molecule has 0 aromatic heterocycles. The zero-order valence-electron chi connectivity index (χ0n) is 13.3. The smallest absolute Gasteiger partial charge is 0.305 e. The Kier molecular flexibility index (Phi) is 12.3. The minimum atomic E-state index is -0.288. The van der Waals surface area contributed by atoms with Gasteiger partial charge in [-0.2, -0.15) is 0 Å². The summed E-state index contributed by atoms with van der Waals surface area (Å²) in [5, 5.41) is 0. The summed E-state index contributed by atoms with van der Waals surface area (Å²) in [6, 6.07) is 0. The van der Waals surface area contributed by atoms with Gasteiger partial charge in [0.1, 0.15) is 12.7 Å². The Hall–Kier alpha value is -1.06. The molecule has 20 heavy (non-hydrogen) atoms. The van der Waals surface area contributed by atoms with Crippen LogP contribution in [-0.2, 0) is 19.1 Å². The monoisotopic (exact) mass is 286 g/mol. The van der Waals surface area contributed by atoms with Crippen LogP contribution < -0.4 is 0 Å². The number of carbonyl (C=O) groups is 2. The fourth-order valence-electron chi connectivity index (χ4n) is 1.89. The Labute approximate surface area is 123 Å². The van der Waals surface area contributed by atoms with Crippen LogP contribution >= 0.6 is 0 Å². The standard InChI is InChI=1S/C16H30O4/c1-4-7-8-9-10-11-12-14(20-16(18)6-3)13-19-15(17)5-2/h14H,4-13H2,1-3H3. The van der Waals surface area contributed by atoms with Gasteiger partial charge in [0.2, 0.25) is 0 Å². The third-order valence-corrected chi connectivity index (χ3v) is 3.19. The van der Waals surface area contributed by atoms with Gasteiger partial charge in [-0.15, -0.1) is 0 Å². The van der Waals surface area contributed by atoms with E-state index in [2.05, 4.69) is 6.92 Å². The van der Waals surface area contributed by atoms with Gasteiger partial charge in [-0.3, -0.25) is 9.59 Å². The van der Waals surface area contributed by atoms with Gasteiger partial charge in [0.05, 0.1) is 0 Å². The molecule has 0 aromatic rings. The first-order valence-corrected chi connectivity index (χ1v) is 7.99. The molecule has 0 aliphatic heterocycles. The second kappa shape index (κ2) is 12.9. The van der Waals surface area contributed by atoms with Gasteiger partial charge in [0.15, 0.2) is 0 Å². The van der Waals surface area contributed by atoms with Crippen molar-refractivity contribution in [2.24, 2.45) is 0 Å². The number of hydrogen-bond donors (Lipinski definition) is 0. The number of hydrogen-bond acceptors (Lipinski definition) is 4. The van der Waals surface area contributed by atoms with Gasteiger partial charge in [0, 0.05) is 12.8 Å². The quantitative estimate of drug-likeness (QED) is 0.402. The lowest BCUT2D eigenvalue weighted by atomic mass is 10.1. The summed E-state index contributed by atoms with van der Waals surface area (Å²) in [4.78, 5) is 22.5. The summed E-state index contributed by atoms with van der Waals surface area (Å²) in [5.41, 5.74) is 0. The summed E-state index contributed by atoms with van der Waals surface area (Å²) in [6.07, 6.45) is 8.35. The molecule has 0 radical (unpaired) electrons. The predicted molar refractivity (Wildman–Crippen MR) is 79.4 cm³/mol. The van der Waals surface area contributed by atoms with Crippen molar-refractivity contribution in [1.29, 1.82) is 0 Å². The molecule has 4 heteroatoms. The van der Waals surface area contributed by atoms with Crippen LogP contribution in [-0.4, -0.2) is 24.6 Å². The normalized spacial score (nSPS) is 11.9. The molecule has 0 aliphatic carbocycles. The average molecular weight is 286 g/mol. The summed E-state index contributed by atoms with van der Waals surface area (Å²) in [6.45, 7) is 5.90. The van der Waals surface area contributed by atoms with Crippen molar-refractivity contribution >= 4 is 11.9 Å². The molecule has 0 spiro atoms. The number of unbranched alkanes of at least 4 members (excludes halogenated alkanes) is 5. The van der Waals surface area contributed by atoms with Crippen molar-refractivity contribution in [2.45, 2.75) is 84.7 Å².